The van der Waals surface area contributed by atoms with Crippen molar-refractivity contribution >= 4 is 29.9 Å². The van der Waals surface area contributed by atoms with Gasteiger partial charge in [0.2, 0.25) is 0 Å². The Morgan fingerprint density at radius 3 is 2.92 bits per heavy atom. The van der Waals surface area contributed by atoms with Crippen LogP contribution in [0.15, 0.2) is 12.1 Å². The van der Waals surface area contributed by atoms with Crippen molar-refractivity contribution in [2.45, 2.75) is 13.0 Å². The zero-order valence-electron chi connectivity index (χ0n) is 7.12. The third-order valence-electron chi connectivity index (χ3n) is 2.25. The molecule has 3 N–H and O–H groups in total. The Kier molecular flexibility index (Phi) is 1.98. The van der Waals surface area contributed by atoms with Crippen LogP contribution < -0.4 is 11.2 Å². The van der Waals surface area contributed by atoms with Crippen molar-refractivity contribution in [2.75, 3.05) is 5.73 Å². The highest BCUT2D eigenvalue weighted by atomic mass is 35.5. The van der Waals surface area contributed by atoms with Gasteiger partial charge in [-0.25, -0.2) is 0 Å². The number of nitrogen functional groups attached to an aromatic ring is 1. The molecule has 0 aliphatic carbocycles. The summed E-state index contributed by atoms with van der Waals surface area (Å²) in [6.07, 6.45) is -0.194. The average molecular weight is 197 g/mol. The Balaban J connectivity index is 2.67. The predicted octanol–water partition coefficient (Wildman–Crippen LogP) is 0.701. The molecule has 0 fully saturated rings. The molecule has 1 aromatic rings. The highest BCUT2D eigenvalue weighted by molar-refractivity contribution is 6.64. The van der Waals surface area contributed by atoms with E-state index >= 15 is 0 Å². The van der Waals surface area contributed by atoms with E-state index in [0.29, 0.717) is 16.2 Å². The Hall–Kier alpha value is -0.705. The molecule has 1 atom stereocenters. The van der Waals surface area contributed by atoms with Gasteiger partial charge >= 0.3 is 7.12 Å². The van der Waals surface area contributed by atoms with Gasteiger partial charge in [-0.3, -0.25) is 0 Å². The normalized spacial score (nSPS) is 20.5. The highest BCUT2D eigenvalue weighted by Gasteiger charge is 2.36. The van der Waals surface area contributed by atoms with Crippen LogP contribution in [0.5, 0.6) is 0 Å². The smallest absolute Gasteiger partial charge is 0.423 e. The van der Waals surface area contributed by atoms with Crippen molar-refractivity contribution in [3.63, 3.8) is 0 Å². The second kappa shape index (κ2) is 2.91. The minimum Gasteiger partial charge on any atom is -0.423 e. The van der Waals surface area contributed by atoms with Crippen LogP contribution in [-0.4, -0.2) is 12.1 Å². The van der Waals surface area contributed by atoms with Crippen LogP contribution in [-0.2, 0) is 4.65 Å². The summed E-state index contributed by atoms with van der Waals surface area (Å²) in [6, 6.07) is 3.39. The summed E-state index contributed by atoms with van der Waals surface area (Å²) < 4.78 is 5.18. The van der Waals surface area contributed by atoms with E-state index in [2.05, 4.69) is 0 Å². The molecule has 5 heteroatoms. The van der Waals surface area contributed by atoms with Gasteiger partial charge in [0.05, 0.1) is 6.10 Å². The van der Waals surface area contributed by atoms with Crippen molar-refractivity contribution < 1.29 is 9.68 Å². The second-order valence-electron chi connectivity index (χ2n) is 3.09. The van der Waals surface area contributed by atoms with Gasteiger partial charge in [0.25, 0.3) is 0 Å². The molecule has 13 heavy (non-hydrogen) atoms. The van der Waals surface area contributed by atoms with E-state index in [-0.39, 0.29) is 6.10 Å². The molecule has 0 aromatic heterocycles. The van der Waals surface area contributed by atoms with Crippen molar-refractivity contribution in [1.29, 1.82) is 0 Å². The van der Waals surface area contributed by atoms with Gasteiger partial charge in [-0.05, 0) is 24.6 Å². The Labute approximate surface area is 81.6 Å². The number of fused-ring (bicyclic) bond motifs is 1. The predicted molar refractivity (Wildman–Crippen MR) is 53.0 cm³/mol. The molecule has 1 aromatic carbocycles. The first kappa shape index (κ1) is 8.87. The molecule has 0 bridgehead atoms. The van der Waals surface area contributed by atoms with E-state index < -0.39 is 7.12 Å². The average Bonchev–Trinajstić information content (AvgIpc) is 2.36. The number of hydrogen-bond acceptors (Lipinski definition) is 3. The topological polar surface area (TPSA) is 55.5 Å². The number of nitrogens with two attached hydrogens (primary N) is 1. The molecule has 0 saturated carbocycles. The van der Waals surface area contributed by atoms with Crippen LogP contribution in [0.4, 0.5) is 5.69 Å². The molecule has 3 nitrogen and oxygen atoms in total. The standard InChI is InChI=1S/C8H9BClNO2/c1-4-7-5(10)2-3-6(11)8(7)9(12)13-4/h2-4,12H,11H2,1H3. The first-order valence-corrected chi connectivity index (χ1v) is 4.40. The molecule has 0 radical (unpaired) electrons. The zero-order valence-corrected chi connectivity index (χ0v) is 7.88. The van der Waals surface area contributed by atoms with Crippen LogP contribution in [0.25, 0.3) is 0 Å². The largest absolute Gasteiger partial charge is 0.494 e. The molecule has 1 aliphatic heterocycles. The second-order valence-corrected chi connectivity index (χ2v) is 3.50. The number of rotatable bonds is 0. The Morgan fingerprint density at radius 2 is 2.31 bits per heavy atom. The lowest BCUT2D eigenvalue weighted by Crippen LogP contribution is -2.30. The number of benzene rings is 1. The van der Waals surface area contributed by atoms with Gasteiger partial charge in [-0.15, -0.1) is 0 Å². The lowest BCUT2D eigenvalue weighted by molar-refractivity contribution is 0.209. The summed E-state index contributed by atoms with van der Waals surface area (Å²) in [7, 11) is -0.941. The van der Waals surface area contributed by atoms with Crippen LogP contribution in [0.1, 0.15) is 18.6 Å². The molecular formula is C8H9BClNO2. The van der Waals surface area contributed by atoms with Crippen molar-refractivity contribution in [3.05, 3.63) is 22.7 Å². The fourth-order valence-corrected chi connectivity index (χ4v) is 1.96. The van der Waals surface area contributed by atoms with E-state index in [1.54, 1.807) is 12.1 Å². The third-order valence-corrected chi connectivity index (χ3v) is 2.58. The quantitative estimate of drug-likeness (QED) is 0.475. The summed E-state index contributed by atoms with van der Waals surface area (Å²) in [5, 5.41) is 10.1. The van der Waals surface area contributed by atoms with Gasteiger partial charge < -0.3 is 15.4 Å². The highest BCUT2D eigenvalue weighted by Crippen LogP contribution is 2.31. The third kappa shape index (κ3) is 1.22. The van der Waals surface area contributed by atoms with Crippen LogP contribution in [0.2, 0.25) is 5.02 Å². The molecule has 1 heterocycles. The maximum absolute atomic E-state index is 9.50. The molecule has 68 valence electrons. The first-order valence-electron chi connectivity index (χ1n) is 4.02. The van der Waals surface area contributed by atoms with Crippen molar-refractivity contribution in [2.24, 2.45) is 0 Å². The summed E-state index contributed by atoms with van der Waals surface area (Å²) in [6.45, 7) is 1.83. The maximum Gasteiger partial charge on any atom is 0.494 e. The first-order chi connectivity index (χ1) is 6.11. The molecule has 1 unspecified atom stereocenters. The number of hydrogen-bond donors (Lipinski definition) is 2. The fraction of sp³-hybridized carbons (Fsp3) is 0.250. The fourth-order valence-electron chi connectivity index (χ4n) is 1.64. The van der Waals surface area contributed by atoms with E-state index in [0.717, 1.165) is 5.56 Å². The van der Waals surface area contributed by atoms with Gasteiger partial charge in [-0.1, -0.05) is 11.6 Å². The maximum atomic E-state index is 9.50. The zero-order chi connectivity index (χ0) is 9.59. The van der Waals surface area contributed by atoms with Crippen LogP contribution >= 0.6 is 11.6 Å². The minimum absolute atomic E-state index is 0.194. The summed E-state index contributed by atoms with van der Waals surface area (Å²) in [5.74, 6) is 0. The van der Waals surface area contributed by atoms with Gasteiger partial charge in [0.1, 0.15) is 0 Å². The Bertz CT molecular complexity index is 325. The summed E-state index contributed by atoms with van der Waals surface area (Å²) in [4.78, 5) is 0. The molecule has 2 rings (SSSR count). The molecule has 0 spiro atoms. The lowest BCUT2D eigenvalue weighted by Gasteiger charge is -2.07. The van der Waals surface area contributed by atoms with Gasteiger partial charge in [-0.2, -0.15) is 0 Å². The Morgan fingerprint density at radius 1 is 1.62 bits per heavy atom. The van der Waals surface area contributed by atoms with Gasteiger partial charge in [0.15, 0.2) is 0 Å². The SMILES string of the molecule is CC1OB(O)c2c(N)ccc(Cl)c21. The van der Waals surface area contributed by atoms with E-state index in [1.165, 1.54) is 0 Å². The summed E-state index contributed by atoms with van der Waals surface area (Å²) >= 11 is 5.96. The molecule has 0 saturated heterocycles. The summed E-state index contributed by atoms with van der Waals surface area (Å²) in [5.41, 5.74) is 7.63. The van der Waals surface area contributed by atoms with E-state index in [4.69, 9.17) is 22.0 Å². The van der Waals surface area contributed by atoms with Crippen molar-refractivity contribution in [3.8, 4) is 0 Å². The number of anilines is 1. The van der Waals surface area contributed by atoms with Gasteiger partial charge in [0, 0.05) is 16.2 Å². The van der Waals surface area contributed by atoms with Crippen molar-refractivity contribution in [1.82, 2.24) is 0 Å². The monoisotopic (exact) mass is 197 g/mol. The lowest BCUT2D eigenvalue weighted by atomic mass is 9.78. The van der Waals surface area contributed by atoms with E-state index in [1.807, 2.05) is 6.92 Å². The molecular weight excluding hydrogens is 188 g/mol. The van der Waals surface area contributed by atoms with E-state index in [9.17, 15) is 5.02 Å². The van der Waals surface area contributed by atoms with Crippen LogP contribution in [0.3, 0.4) is 0 Å². The van der Waals surface area contributed by atoms with Crippen LogP contribution in [0, 0.1) is 0 Å². The molecule has 1 aliphatic rings. The molecule has 0 amide bonds. The number of halogens is 1. The minimum atomic E-state index is -0.941.